The van der Waals surface area contributed by atoms with Crippen LogP contribution in [-0.2, 0) is 9.59 Å². The van der Waals surface area contributed by atoms with Crippen LogP contribution in [0.2, 0.25) is 0 Å². The maximum atomic E-state index is 12.0. The van der Waals surface area contributed by atoms with Crippen LogP contribution in [0.3, 0.4) is 0 Å². The van der Waals surface area contributed by atoms with Crippen LogP contribution in [0.15, 0.2) is 17.5 Å². The quantitative estimate of drug-likeness (QED) is 0.861. The van der Waals surface area contributed by atoms with Gasteiger partial charge in [0.05, 0.1) is 12.5 Å². The fourth-order valence-corrected chi connectivity index (χ4v) is 3.14. The van der Waals surface area contributed by atoms with Gasteiger partial charge in [-0.1, -0.05) is 18.9 Å². The predicted molar refractivity (Wildman–Crippen MR) is 69.4 cm³/mol. The van der Waals surface area contributed by atoms with Crippen LogP contribution < -0.4 is 5.32 Å². The molecule has 0 saturated heterocycles. The summed E-state index contributed by atoms with van der Waals surface area (Å²) in [6, 6.07) is 3.35. The van der Waals surface area contributed by atoms with Gasteiger partial charge >= 0.3 is 5.97 Å². The Morgan fingerprint density at radius 1 is 1.44 bits per heavy atom. The summed E-state index contributed by atoms with van der Waals surface area (Å²) in [6.45, 7) is 0. The van der Waals surface area contributed by atoms with Gasteiger partial charge in [0.2, 0.25) is 5.91 Å². The number of carboxylic acid groups (broad SMARTS) is 1. The maximum absolute atomic E-state index is 12.0. The molecular weight excluding hydrogens is 250 g/mol. The lowest BCUT2D eigenvalue weighted by Gasteiger charge is -2.18. The first-order valence-electron chi connectivity index (χ1n) is 6.22. The molecule has 1 heterocycles. The lowest BCUT2D eigenvalue weighted by Crippen LogP contribution is -2.33. The van der Waals surface area contributed by atoms with Gasteiger partial charge < -0.3 is 10.4 Å². The van der Waals surface area contributed by atoms with E-state index in [0.29, 0.717) is 0 Å². The molecule has 0 bridgehead atoms. The van der Waals surface area contributed by atoms with Gasteiger partial charge in [-0.05, 0) is 24.3 Å². The standard InChI is InChI=1S/C13H17NO3S/c15-12(16)8-10(11-6-3-7-18-11)14-13(17)9-4-1-2-5-9/h3,6-7,9-10H,1-2,4-5,8H2,(H,14,17)(H,15,16)/t10-/m1/s1. The largest absolute Gasteiger partial charge is 0.481 e. The minimum Gasteiger partial charge on any atom is -0.481 e. The Labute approximate surface area is 110 Å². The fraction of sp³-hybridized carbons (Fsp3) is 0.538. The van der Waals surface area contributed by atoms with E-state index in [1.807, 2.05) is 17.5 Å². The topological polar surface area (TPSA) is 66.4 Å². The summed E-state index contributed by atoms with van der Waals surface area (Å²) in [5.41, 5.74) is 0. The molecule has 1 aliphatic carbocycles. The molecule has 5 heteroatoms. The lowest BCUT2D eigenvalue weighted by molar-refractivity contribution is -0.137. The van der Waals surface area contributed by atoms with Crippen molar-refractivity contribution in [3.8, 4) is 0 Å². The fourth-order valence-electron chi connectivity index (χ4n) is 2.36. The summed E-state index contributed by atoms with van der Waals surface area (Å²) >= 11 is 1.48. The summed E-state index contributed by atoms with van der Waals surface area (Å²) in [5, 5.41) is 13.7. The predicted octanol–water partition coefficient (Wildman–Crippen LogP) is 2.57. The molecule has 1 aromatic rings. The SMILES string of the molecule is O=C(O)C[C@@H](NC(=O)C1CCCC1)c1cccs1. The zero-order chi connectivity index (χ0) is 13.0. The molecule has 0 radical (unpaired) electrons. The highest BCUT2D eigenvalue weighted by Gasteiger charge is 2.26. The van der Waals surface area contributed by atoms with Crippen molar-refractivity contribution in [2.24, 2.45) is 5.92 Å². The van der Waals surface area contributed by atoms with Gasteiger partial charge in [-0.2, -0.15) is 0 Å². The Hall–Kier alpha value is -1.36. The molecule has 0 aliphatic heterocycles. The summed E-state index contributed by atoms with van der Waals surface area (Å²) in [6.07, 6.45) is 3.99. The number of hydrogen-bond donors (Lipinski definition) is 2. The first kappa shape index (κ1) is 13.1. The van der Waals surface area contributed by atoms with Gasteiger partial charge in [0.25, 0.3) is 0 Å². The average molecular weight is 267 g/mol. The molecule has 2 rings (SSSR count). The number of thiophene rings is 1. The van der Waals surface area contributed by atoms with Crippen LogP contribution >= 0.6 is 11.3 Å². The number of aliphatic carboxylic acids is 1. The van der Waals surface area contributed by atoms with Gasteiger partial charge in [0.1, 0.15) is 0 Å². The molecule has 0 spiro atoms. The second-order valence-electron chi connectivity index (χ2n) is 4.66. The average Bonchev–Trinajstić information content (AvgIpc) is 3.01. The number of hydrogen-bond acceptors (Lipinski definition) is 3. The van der Waals surface area contributed by atoms with Crippen molar-refractivity contribution in [3.05, 3.63) is 22.4 Å². The zero-order valence-corrected chi connectivity index (χ0v) is 10.9. The minimum atomic E-state index is -0.889. The van der Waals surface area contributed by atoms with Crippen LogP contribution in [0.1, 0.15) is 43.0 Å². The third-order valence-electron chi connectivity index (χ3n) is 3.31. The lowest BCUT2D eigenvalue weighted by atomic mass is 10.1. The zero-order valence-electron chi connectivity index (χ0n) is 10.1. The summed E-state index contributed by atoms with van der Waals surface area (Å²) in [5.74, 6) is -0.812. The molecule has 1 aromatic heterocycles. The molecule has 1 amide bonds. The molecule has 18 heavy (non-hydrogen) atoms. The first-order valence-corrected chi connectivity index (χ1v) is 7.10. The van der Waals surface area contributed by atoms with E-state index in [9.17, 15) is 9.59 Å². The Kier molecular flexibility index (Phi) is 4.36. The van der Waals surface area contributed by atoms with Gasteiger partial charge in [-0.3, -0.25) is 9.59 Å². The van der Waals surface area contributed by atoms with Crippen molar-refractivity contribution in [2.75, 3.05) is 0 Å². The van der Waals surface area contributed by atoms with Crippen molar-refractivity contribution in [3.63, 3.8) is 0 Å². The van der Waals surface area contributed by atoms with E-state index < -0.39 is 12.0 Å². The molecular formula is C13H17NO3S. The molecule has 4 nitrogen and oxygen atoms in total. The van der Waals surface area contributed by atoms with E-state index in [4.69, 9.17) is 5.11 Å². The highest BCUT2D eigenvalue weighted by atomic mass is 32.1. The summed E-state index contributed by atoms with van der Waals surface area (Å²) in [7, 11) is 0. The number of nitrogens with one attached hydrogen (secondary N) is 1. The smallest absolute Gasteiger partial charge is 0.305 e. The van der Waals surface area contributed by atoms with Crippen molar-refractivity contribution in [1.82, 2.24) is 5.32 Å². The molecule has 2 N–H and O–H groups in total. The van der Waals surface area contributed by atoms with Crippen molar-refractivity contribution in [1.29, 1.82) is 0 Å². The van der Waals surface area contributed by atoms with Crippen molar-refractivity contribution in [2.45, 2.75) is 38.1 Å². The first-order chi connectivity index (χ1) is 8.66. The Bertz CT molecular complexity index is 410. The van der Waals surface area contributed by atoms with Crippen LogP contribution in [-0.4, -0.2) is 17.0 Å². The highest BCUT2D eigenvalue weighted by molar-refractivity contribution is 7.10. The van der Waals surface area contributed by atoms with E-state index in [2.05, 4.69) is 5.32 Å². The van der Waals surface area contributed by atoms with Crippen molar-refractivity contribution < 1.29 is 14.7 Å². The van der Waals surface area contributed by atoms with E-state index in [1.54, 1.807) is 0 Å². The van der Waals surface area contributed by atoms with Crippen LogP contribution in [0, 0.1) is 5.92 Å². The van der Waals surface area contributed by atoms with Gasteiger partial charge in [-0.25, -0.2) is 0 Å². The van der Waals surface area contributed by atoms with E-state index in [-0.39, 0.29) is 18.2 Å². The molecule has 1 atom stereocenters. The van der Waals surface area contributed by atoms with Gasteiger partial charge in [-0.15, -0.1) is 11.3 Å². The maximum Gasteiger partial charge on any atom is 0.305 e. The van der Waals surface area contributed by atoms with Crippen LogP contribution in [0.5, 0.6) is 0 Å². The second-order valence-corrected chi connectivity index (χ2v) is 5.64. The minimum absolute atomic E-state index is 0.00662. The number of carboxylic acids is 1. The molecule has 0 unspecified atom stereocenters. The van der Waals surface area contributed by atoms with E-state index >= 15 is 0 Å². The Morgan fingerprint density at radius 2 is 2.17 bits per heavy atom. The Balaban J connectivity index is 2.00. The number of rotatable bonds is 5. The van der Waals surface area contributed by atoms with Crippen LogP contribution in [0.4, 0.5) is 0 Å². The number of amides is 1. The summed E-state index contributed by atoms with van der Waals surface area (Å²) < 4.78 is 0. The third-order valence-corrected chi connectivity index (χ3v) is 4.29. The monoisotopic (exact) mass is 267 g/mol. The second kappa shape index (κ2) is 6.00. The molecule has 1 aliphatic rings. The van der Waals surface area contributed by atoms with Crippen molar-refractivity contribution >= 4 is 23.2 Å². The third kappa shape index (κ3) is 3.32. The van der Waals surface area contributed by atoms with E-state index in [1.165, 1.54) is 11.3 Å². The molecule has 0 aromatic carbocycles. The van der Waals surface area contributed by atoms with Crippen LogP contribution in [0.25, 0.3) is 0 Å². The molecule has 98 valence electrons. The van der Waals surface area contributed by atoms with Gasteiger partial charge in [0, 0.05) is 10.8 Å². The van der Waals surface area contributed by atoms with E-state index in [0.717, 1.165) is 30.6 Å². The Morgan fingerprint density at radius 3 is 2.72 bits per heavy atom. The number of carbonyl (C=O) groups is 2. The molecule has 1 saturated carbocycles. The molecule has 1 fully saturated rings. The summed E-state index contributed by atoms with van der Waals surface area (Å²) in [4.78, 5) is 23.8. The highest BCUT2D eigenvalue weighted by Crippen LogP contribution is 2.27. The normalized spacial score (nSPS) is 17.6. The van der Waals surface area contributed by atoms with Gasteiger partial charge in [0.15, 0.2) is 0 Å². The number of carbonyl (C=O) groups excluding carboxylic acids is 1.